The van der Waals surface area contributed by atoms with Gasteiger partial charge >= 0.3 is 11.9 Å². The number of fused-ring (bicyclic) bond motifs is 1. The lowest BCUT2D eigenvalue weighted by Crippen LogP contribution is -2.20. The Balaban J connectivity index is 1.81. The minimum absolute atomic E-state index is 0.332. The molecule has 0 aliphatic heterocycles. The van der Waals surface area contributed by atoms with E-state index in [0.717, 1.165) is 24.8 Å². The molecule has 1 aromatic carbocycles. The second kappa shape index (κ2) is 8.70. The van der Waals surface area contributed by atoms with Crippen molar-refractivity contribution in [3.05, 3.63) is 45.8 Å². The van der Waals surface area contributed by atoms with Gasteiger partial charge in [0.15, 0.2) is 5.11 Å². The molecule has 2 N–H and O–H groups in total. The molecular weight excluding hydrogens is 396 g/mol. The maximum absolute atomic E-state index is 12.4. The molecular formula is C20H22N2O4S2. The molecule has 1 aliphatic carbocycles. The number of carbonyl (C=O) groups is 2. The zero-order chi connectivity index (χ0) is 20.3. The maximum Gasteiger partial charge on any atom is 0.341 e. The van der Waals surface area contributed by atoms with Crippen molar-refractivity contribution in [3.63, 3.8) is 0 Å². The first-order chi connectivity index (χ1) is 13.4. The van der Waals surface area contributed by atoms with E-state index in [9.17, 15) is 9.59 Å². The molecule has 0 amide bonds. The van der Waals surface area contributed by atoms with E-state index in [2.05, 4.69) is 17.6 Å². The fourth-order valence-corrected chi connectivity index (χ4v) is 4.95. The van der Waals surface area contributed by atoms with Gasteiger partial charge in [-0.05, 0) is 61.2 Å². The number of esters is 2. The van der Waals surface area contributed by atoms with Crippen molar-refractivity contribution in [3.8, 4) is 0 Å². The molecule has 1 heterocycles. The Morgan fingerprint density at radius 1 is 1.18 bits per heavy atom. The van der Waals surface area contributed by atoms with Crippen molar-refractivity contribution in [2.24, 2.45) is 5.92 Å². The molecule has 0 saturated carbocycles. The van der Waals surface area contributed by atoms with Gasteiger partial charge in [-0.15, -0.1) is 11.3 Å². The predicted molar refractivity (Wildman–Crippen MR) is 114 cm³/mol. The van der Waals surface area contributed by atoms with Crippen LogP contribution in [0.4, 0.5) is 10.7 Å². The first kappa shape index (κ1) is 20.3. The molecule has 0 saturated heterocycles. The summed E-state index contributed by atoms with van der Waals surface area (Å²) < 4.78 is 9.73. The van der Waals surface area contributed by atoms with Gasteiger partial charge in [-0.25, -0.2) is 9.59 Å². The topological polar surface area (TPSA) is 76.7 Å². The molecule has 8 heteroatoms. The Morgan fingerprint density at radius 3 is 2.64 bits per heavy atom. The number of hydrogen-bond donors (Lipinski definition) is 2. The fourth-order valence-electron chi connectivity index (χ4n) is 3.26. The number of hydrogen-bond acceptors (Lipinski definition) is 6. The molecule has 0 spiro atoms. The van der Waals surface area contributed by atoms with E-state index >= 15 is 0 Å². The first-order valence-electron chi connectivity index (χ1n) is 8.92. The summed E-state index contributed by atoms with van der Waals surface area (Å²) in [4.78, 5) is 25.3. The largest absolute Gasteiger partial charge is 0.465 e. The number of carbonyl (C=O) groups excluding carboxylic acids is 2. The summed E-state index contributed by atoms with van der Waals surface area (Å²) in [5.41, 5.74) is 2.70. The molecule has 1 aromatic heterocycles. The van der Waals surface area contributed by atoms with Crippen LogP contribution in [0.1, 0.15) is 44.5 Å². The highest BCUT2D eigenvalue weighted by molar-refractivity contribution is 7.80. The van der Waals surface area contributed by atoms with Crippen LogP contribution in [0.15, 0.2) is 24.3 Å². The standard InChI is InChI=1S/C20H22N2O4S2/c1-11-7-8-14-15(9-11)28-17(16(14)19(24)26-3)22-20(27)21-13-6-4-5-12(10-13)18(23)25-2/h4-6,10-11H,7-9H2,1-3H3,(H2,21,22,27). The van der Waals surface area contributed by atoms with Crippen LogP contribution in [0, 0.1) is 5.92 Å². The van der Waals surface area contributed by atoms with E-state index in [1.807, 2.05) is 0 Å². The van der Waals surface area contributed by atoms with Crippen LogP contribution >= 0.6 is 23.6 Å². The molecule has 3 rings (SSSR count). The van der Waals surface area contributed by atoms with Crippen LogP contribution in [0.3, 0.4) is 0 Å². The van der Waals surface area contributed by atoms with Crippen LogP contribution in [0.25, 0.3) is 0 Å². The van der Waals surface area contributed by atoms with Crippen LogP contribution in [-0.4, -0.2) is 31.3 Å². The minimum atomic E-state index is -0.421. The average molecular weight is 419 g/mol. The second-order valence-corrected chi connectivity index (χ2v) is 8.21. The Hall–Kier alpha value is -2.45. The van der Waals surface area contributed by atoms with Crippen molar-refractivity contribution in [1.82, 2.24) is 0 Å². The van der Waals surface area contributed by atoms with E-state index in [1.165, 1.54) is 19.1 Å². The van der Waals surface area contributed by atoms with Crippen LogP contribution in [0.5, 0.6) is 0 Å². The highest BCUT2D eigenvalue weighted by atomic mass is 32.1. The lowest BCUT2D eigenvalue weighted by atomic mass is 9.88. The molecule has 1 unspecified atom stereocenters. The van der Waals surface area contributed by atoms with Crippen molar-refractivity contribution in [1.29, 1.82) is 0 Å². The minimum Gasteiger partial charge on any atom is -0.465 e. The second-order valence-electron chi connectivity index (χ2n) is 6.70. The van der Waals surface area contributed by atoms with Gasteiger partial charge in [0.2, 0.25) is 0 Å². The number of ether oxygens (including phenoxy) is 2. The average Bonchev–Trinajstić information content (AvgIpc) is 3.03. The Labute approximate surface area is 173 Å². The normalized spacial score (nSPS) is 15.3. The summed E-state index contributed by atoms with van der Waals surface area (Å²) in [6, 6.07) is 6.85. The monoisotopic (exact) mass is 418 g/mol. The smallest absolute Gasteiger partial charge is 0.341 e. The van der Waals surface area contributed by atoms with Gasteiger partial charge in [0.25, 0.3) is 0 Å². The third-order valence-electron chi connectivity index (χ3n) is 4.67. The zero-order valence-electron chi connectivity index (χ0n) is 16.0. The fraction of sp³-hybridized carbons (Fsp3) is 0.350. The van der Waals surface area contributed by atoms with E-state index in [0.29, 0.717) is 32.8 Å². The van der Waals surface area contributed by atoms with E-state index in [-0.39, 0.29) is 5.97 Å². The zero-order valence-corrected chi connectivity index (χ0v) is 17.6. The molecule has 0 radical (unpaired) electrons. The Bertz CT molecular complexity index is 923. The summed E-state index contributed by atoms with van der Waals surface area (Å²) >= 11 is 6.96. The SMILES string of the molecule is COC(=O)c1cccc(NC(=S)Nc2sc3c(c2C(=O)OC)CCC(C)C3)c1. The van der Waals surface area contributed by atoms with Gasteiger partial charge in [-0.1, -0.05) is 13.0 Å². The van der Waals surface area contributed by atoms with Gasteiger partial charge in [0.1, 0.15) is 5.00 Å². The van der Waals surface area contributed by atoms with Crippen LogP contribution in [-0.2, 0) is 22.3 Å². The van der Waals surface area contributed by atoms with E-state index in [1.54, 1.807) is 35.6 Å². The number of thiophene rings is 1. The van der Waals surface area contributed by atoms with Crippen molar-refractivity contribution >= 4 is 51.3 Å². The maximum atomic E-state index is 12.4. The Morgan fingerprint density at radius 2 is 1.93 bits per heavy atom. The quantitative estimate of drug-likeness (QED) is 0.568. The highest BCUT2D eigenvalue weighted by Crippen LogP contribution is 2.40. The van der Waals surface area contributed by atoms with Crippen molar-refractivity contribution < 1.29 is 19.1 Å². The van der Waals surface area contributed by atoms with Gasteiger partial charge in [-0.3, -0.25) is 0 Å². The number of methoxy groups -OCH3 is 2. The summed E-state index contributed by atoms with van der Waals surface area (Å²) in [6.45, 7) is 2.22. The van der Waals surface area contributed by atoms with Gasteiger partial charge < -0.3 is 20.1 Å². The molecule has 0 bridgehead atoms. The molecule has 1 aliphatic rings. The first-order valence-corrected chi connectivity index (χ1v) is 10.1. The lowest BCUT2D eigenvalue weighted by Gasteiger charge is -2.18. The highest BCUT2D eigenvalue weighted by Gasteiger charge is 2.28. The van der Waals surface area contributed by atoms with Crippen molar-refractivity contribution in [2.75, 3.05) is 24.9 Å². The number of thiocarbonyl (C=S) groups is 1. The van der Waals surface area contributed by atoms with Gasteiger partial charge in [-0.2, -0.15) is 0 Å². The van der Waals surface area contributed by atoms with Crippen molar-refractivity contribution in [2.45, 2.75) is 26.2 Å². The number of benzene rings is 1. The van der Waals surface area contributed by atoms with Crippen LogP contribution < -0.4 is 10.6 Å². The predicted octanol–water partition coefficient (Wildman–Crippen LogP) is 4.26. The van der Waals surface area contributed by atoms with Gasteiger partial charge in [0.05, 0.1) is 25.3 Å². The van der Waals surface area contributed by atoms with Crippen LogP contribution in [0.2, 0.25) is 0 Å². The molecule has 6 nitrogen and oxygen atoms in total. The van der Waals surface area contributed by atoms with E-state index < -0.39 is 5.97 Å². The molecule has 0 fully saturated rings. The molecule has 2 aromatic rings. The van der Waals surface area contributed by atoms with Gasteiger partial charge in [0, 0.05) is 10.6 Å². The summed E-state index contributed by atoms with van der Waals surface area (Å²) in [5, 5.41) is 7.20. The number of anilines is 2. The van der Waals surface area contributed by atoms with E-state index in [4.69, 9.17) is 21.7 Å². The summed E-state index contributed by atoms with van der Waals surface area (Å²) in [5.74, 6) is -0.184. The lowest BCUT2D eigenvalue weighted by molar-refractivity contribution is 0.0592. The number of rotatable bonds is 4. The third-order valence-corrected chi connectivity index (χ3v) is 6.04. The number of nitrogens with one attached hydrogen (secondary N) is 2. The summed E-state index contributed by atoms with van der Waals surface area (Å²) in [7, 11) is 2.72. The summed E-state index contributed by atoms with van der Waals surface area (Å²) in [6.07, 6.45) is 2.86. The Kier molecular flexibility index (Phi) is 6.31. The molecule has 148 valence electrons. The third kappa shape index (κ3) is 4.34. The molecule has 28 heavy (non-hydrogen) atoms. The molecule has 1 atom stereocenters.